The van der Waals surface area contributed by atoms with Crippen molar-refractivity contribution in [1.29, 1.82) is 0 Å². The standard InChI is InChI=1S/C29H21F21Se/c1-2-3-5-8-16-11-13-17(14-12-16)19(51-18-9-6-4-7-10-18)15-20(30,31)21(32,33)22(34,35)23(36,37)24(38,39)25(40,41)26(42,43)27(44,45)28(46,47)29(48,49)50/h4,6-7,9-15H,2-3,5,8H2,1H3/b19-15-. The fraction of sp³-hybridized carbons (Fsp3) is 0.517. The molecule has 0 heterocycles. The number of unbranched alkanes of at least 4 members (excludes halogenated alkanes) is 2. The van der Waals surface area contributed by atoms with E-state index in [2.05, 4.69) is 0 Å². The number of allylic oxidation sites excluding steroid dienone is 1. The maximum absolute atomic E-state index is 15.0. The van der Waals surface area contributed by atoms with Gasteiger partial charge in [0.15, 0.2) is 0 Å². The van der Waals surface area contributed by atoms with Crippen molar-refractivity contribution in [3.63, 3.8) is 0 Å². The van der Waals surface area contributed by atoms with Gasteiger partial charge in [-0.25, -0.2) is 0 Å². The number of aryl methyl sites for hydroxylation is 1. The molecular weight excluding hydrogens is 826 g/mol. The van der Waals surface area contributed by atoms with Gasteiger partial charge in [-0.2, -0.15) is 13.2 Å². The number of hydrogen-bond acceptors (Lipinski definition) is 0. The van der Waals surface area contributed by atoms with Crippen molar-refractivity contribution in [3.8, 4) is 0 Å². The van der Waals surface area contributed by atoms with Crippen LogP contribution in [0.4, 0.5) is 92.2 Å². The van der Waals surface area contributed by atoms with E-state index in [0.717, 1.165) is 25.0 Å². The van der Waals surface area contributed by atoms with Crippen molar-refractivity contribution < 1.29 is 92.2 Å². The first-order chi connectivity index (χ1) is 22.7. The van der Waals surface area contributed by atoms with E-state index in [1.54, 1.807) is 0 Å². The van der Waals surface area contributed by atoms with Crippen LogP contribution in [0.1, 0.15) is 37.3 Å². The third-order valence-corrected chi connectivity index (χ3v) is 9.39. The van der Waals surface area contributed by atoms with Crippen LogP contribution in [0.5, 0.6) is 0 Å². The zero-order valence-corrected chi connectivity index (χ0v) is 26.7. The van der Waals surface area contributed by atoms with Crippen LogP contribution < -0.4 is 4.46 Å². The van der Waals surface area contributed by atoms with Crippen molar-refractivity contribution >= 4 is 23.9 Å². The summed E-state index contributed by atoms with van der Waals surface area (Å²) in [6.07, 6.45) is -6.66. The Balaban J connectivity index is 2.72. The van der Waals surface area contributed by atoms with Crippen molar-refractivity contribution in [3.05, 3.63) is 71.8 Å². The molecule has 290 valence electrons. The molecule has 0 bridgehead atoms. The summed E-state index contributed by atoms with van der Waals surface area (Å²) in [4.78, 5) is 0. The van der Waals surface area contributed by atoms with E-state index in [1.807, 2.05) is 6.92 Å². The number of rotatable bonds is 16. The van der Waals surface area contributed by atoms with E-state index in [9.17, 15) is 92.2 Å². The van der Waals surface area contributed by atoms with Crippen LogP contribution in [0.3, 0.4) is 0 Å². The van der Waals surface area contributed by atoms with Crippen LogP contribution in [0, 0.1) is 0 Å². The molecule has 0 aliphatic heterocycles. The monoisotopic (exact) mass is 848 g/mol. The fourth-order valence-corrected chi connectivity index (χ4v) is 6.14. The van der Waals surface area contributed by atoms with Gasteiger partial charge in [0.05, 0.1) is 0 Å². The van der Waals surface area contributed by atoms with Gasteiger partial charge in [0.25, 0.3) is 0 Å². The molecule has 0 saturated carbocycles. The van der Waals surface area contributed by atoms with E-state index in [0.29, 0.717) is 18.4 Å². The zero-order valence-electron chi connectivity index (χ0n) is 24.9. The van der Waals surface area contributed by atoms with Gasteiger partial charge >= 0.3 is 267 Å². The van der Waals surface area contributed by atoms with Gasteiger partial charge in [-0.3, -0.25) is 0 Å². The molecular formula is C29H21F21Se. The van der Waals surface area contributed by atoms with Crippen LogP contribution in [-0.4, -0.2) is 74.4 Å². The van der Waals surface area contributed by atoms with Gasteiger partial charge in [-0.15, -0.1) is 0 Å². The third-order valence-electron chi connectivity index (χ3n) is 7.13. The Hall–Kier alpha value is -2.77. The Bertz CT molecular complexity index is 1490. The molecule has 0 radical (unpaired) electrons. The van der Waals surface area contributed by atoms with Gasteiger partial charge in [0, 0.05) is 0 Å². The zero-order chi connectivity index (χ0) is 39.9. The van der Waals surface area contributed by atoms with Crippen LogP contribution in [-0.2, 0) is 6.42 Å². The van der Waals surface area contributed by atoms with Crippen molar-refractivity contribution in [2.24, 2.45) is 0 Å². The molecule has 2 aromatic carbocycles. The molecule has 0 aromatic heterocycles. The number of hydrogen-bond donors (Lipinski definition) is 0. The van der Waals surface area contributed by atoms with E-state index in [1.165, 1.54) is 42.5 Å². The second-order valence-corrected chi connectivity index (χ2v) is 13.1. The molecule has 0 unspecified atom stereocenters. The molecule has 0 aliphatic carbocycles. The Kier molecular flexibility index (Phi) is 12.4. The topological polar surface area (TPSA) is 0 Å². The summed E-state index contributed by atoms with van der Waals surface area (Å²) in [5.41, 5.74) is 0.0496. The summed E-state index contributed by atoms with van der Waals surface area (Å²) in [5, 5.41) is 0. The Morgan fingerprint density at radius 3 is 1.27 bits per heavy atom. The summed E-state index contributed by atoms with van der Waals surface area (Å²) in [6.45, 7) is 1.85. The van der Waals surface area contributed by atoms with E-state index in [4.69, 9.17) is 0 Å². The van der Waals surface area contributed by atoms with Gasteiger partial charge in [-0.1, -0.05) is 0 Å². The molecule has 0 N–H and O–H groups in total. The molecule has 22 heteroatoms. The van der Waals surface area contributed by atoms with Gasteiger partial charge in [0.2, 0.25) is 0 Å². The van der Waals surface area contributed by atoms with Gasteiger partial charge in [-0.05, 0) is 0 Å². The average Bonchev–Trinajstić information content (AvgIpc) is 3.00. The van der Waals surface area contributed by atoms with Crippen LogP contribution in [0.25, 0.3) is 4.47 Å². The number of benzene rings is 2. The summed E-state index contributed by atoms with van der Waals surface area (Å²) in [6, 6.07) is 10.7. The molecule has 0 fully saturated rings. The second-order valence-electron chi connectivity index (χ2n) is 10.8. The minimum atomic E-state index is -9.20. The normalized spacial score (nSPS) is 15.4. The molecule has 2 rings (SSSR count). The summed E-state index contributed by atoms with van der Waals surface area (Å²) < 4.78 is 290. The minimum absolute atomic E-state index is 0.00414. The summed E-state index contributed by atoms with van der Waals surface area (Å²) in [7, 11) is 0. The average molecular weight is 847 g/mol. The molecule has 2 aromatic rings. The predicted octanol–water partition coefficient (Wildman–Crippen LogP) is 11.1. The maximum atomic E-state index is 15.0. The molecule has 51 heavy (non-hydrogen) atoms. The van der Waals surface area contributed by atoms with E-state index in [-0.39, 0.29) is 4.46 Å². The molecule has 0 aliphatic rings. The third kappa shape index (κ3) is 7.40. The van der Waals surface area contributed by atoms with E-state index < -0.39 is 90.5 Å². The summed E-state index contributed by atoms with van der Waals surface area (Å²) >= 11 is -1.66. The van der Waals surface area contributed by atoms with Crippen molar-refractivity contribution in [1.82, 2.24) is 0 Å². The first-order valence-electron chi connectivity index (χ1n) is 13.7. The fourth-order valence-electron chi connectivity index (χ4n) is 4.03. The van der Waals surface area contributed by atoms with E-state index >= 15 is 0 Å². The van der Waals surface area contributed by atoms with Crippen LogP contribution in [0.15, 0.2) is 60.7 Å². The van der Waals surface area contributed by atoms with Crippen LogP contribution >= 0.6 is 0 Å². The molecule has 0 amide bonds. The summed E-state index contributed by atoms with van der Waals surface area (Å²) in [5.74, 6) is -77.4. The molecule has 0 atom stereocenters. The Labute approximate surface area is 280 Å². The quantitative estimate of drug-likeness (QED) is 0.0897. The van der Waals surface area contributed by atoms with Crippen molar-refractivity contribution in [2.45, 2.75) is 92.1 Å². The van der Waals surface area contributed by atoms with Crippen molar-refractivity contribution in [2.75, 3.05) is 0 Å². The number of alkyl halides is 21. The first kappa shape index (κ1) is 44.4. The molecule has 0 spiro atoms. The van der Waals surface area contributed by atoms with Crippen LogP contribution in [0.2, 0.25) is 0 Å². The Morgan fingerprint density at radius 2 is 0.882 bits per heavy atom. The Morgan fingerprint density at radius 1 is 0.490 bits per heavy atom. The second kappa shape index (κ2) is 14.2. The van der Waals surface area contributed by atoms with Gasteiger partial charge < -0.3 is 0 Å². The first-order valence-corrected chi connectivity index (χ1v) is 15.5. The number of halogens is 21. The molecule has 0 nitrogen and oxygen atoms in total. The predicted molar refractivity (Wildman–Crippen MR) is 140 cm³/mol. The SMILES string of the molecule is CCCCCc1ccc(/C(=C/C(F)(F)C(F)(F)C(F)(F)C(F)(F)C(F)(F)C(F)(F)C(F)(F)C(F)(F)C(F)(F)C(F)(F)F)[Se]c2ccccc2)cc1. The molecule has 0 saturated heterocycles. The van der Waals surface area contributed by atoms with Gasteiger partial charge in [0.1, 0.15) is 0 Å².